The summed E-state index contributed by atoms with van der Waals surface area (Å²) < 4.78 is 31.8. The average molecular weight is 340 g/mol. The van der Waals surface area contributed by atoms with Crippen molar-refractivity contribution >= 4 is 0 Å². The fourth-order valence-corrected chi connectivity index (χ4v) is 4.35. The van der Waals surface area contributed by atoms with E-state index in [-0.39, 0.29) is 11.2 Å². The van der Waals surface area contributed by atoms with Crippen LogP contribution < -0.4 is 0 Å². The number of hydrogen-bond acceptors (Lipinski definition) is 3. The van der Waals surface area contributed by atoms with E-state index in [4.69, 9.17) is 4.52 Å². The van der Waals surface area contributed by atoms with Crippen LogP contribution in [0.1, 0.15) is 76.7 Å². The standard InChI is InChI=1S/C19H30F2N2O/c1-18(16-13-17(24-22-16)19(2,20)21)10-6-11-23(14-18)12-9-15-7-4-3-5-8-15/h13,15H,3-12,14H2,1-2H3. The van der Waals surface area contributed by atoms with Crippen LogP contribution >= 0.6 is 0 Å². The number of likely N-dealkylation sites (tertiary alicyclic amines) is 1. The van der Waals surface area contributed by atoms with Gasteiger partial charge in [0.1, 0.15) is 0 Å². The molecule has 24 heavy (non-hydrogen) atoms. The summed E-state index contributed by atoms with van der Waals surface area (Å²) in [6.07, 6.45) is 10.3. The van der Waals surface area contributed by atoms with Gasteiger partial charge in [-0.15, -0.1) is 0 Å². The number of nitrogens with zero attached hydrogens (tertiary/aromatic N) is 2. The third kappa shape index (κ3) is 4.16. The van der Waals surface area contributed by atoms with E-state index in [9.17, 15) is 8.78 Å². The van der Waals surface area contributed by atoms with E-state index < -0.39 is 5.92 Å². The minimum absolute atomic E-state index is 0.183. The van der Waals surface area contributed by atoms with Crippen LogP contribution in [0.15, 0.2) is 10.6 Å². The molecule has 1 aliphatic carbocycles. The molecule has 0 N–H and O–H groups in total. The molecule has 1 aromatic rings. The quantitative estimate of drug-likeness (QED) is 0.746. The first kappa shape index (κ1) is 17.8. The van der Waals surface area contributed by atoms with Gasteiger partial charge < -0.3 is 9.42 Å². The fraction of sp³-hybridized carbons (Fsp3) is 0.842. The number of hydrogen-bond donors (Lipinski definition) is 0. The molecular weight excluding hydrogens is 310 g/mol. The predicted octanol–water partition coefficient (Wildman–Crippen LogP) is 5.11. The first-order chi connectivity index (χ1) is 11.4. The van der Waals surface area contributed by atoms with Crippen molar-refractivity contribution in [3.63, 3.8) is 0 Å². The van der Waals surface area contributed by atoms with E-state index in [1.54, 1.807) is 0 Å². The smallest absolute Gasteiger partial charge is 0.304 e. The molecule has 2 fully saturated rings. The van der Waals surface area contributed by atoms with Gasteiger partial charge in [-0.05, 0) is 38.3 Å². The van der Waals surface area contributed by atoms with Crippen LogP contribution in [0.3, 0.4) is 0 Å². The number of rotatable bonds is 5. The van der Waals surface area contributed by atoms with Gasteiger partial charge in [0.2, 0.25) is 5.76 Å². The topological polar surface area (TPSA) is 29.3 Å². The molecular formula is C19H30F2N2O. The lowest BCUT2D eigenvalue weighted by molar-refractivity contribution is -0.0106. The van der Waals surface area contributed by atoms with Gasteiger partial charge in [-0.25, -0.2) is 0 Å². The van der Waals surface area contributed by atoms with Gasteiger partial charge in [-0.2, -0.15) is 8.78 Å². The summed E-state index contributed by atoms with van der Waals surface area (Å²) in [7, 11) is 0. The van der Waals surface area contributed by atoms with Gasteiger partial charge in [0.25, 0.3) is 0 Å². The highest BCUT2D eigenvalue weighted by molar-refractivity contribution is 5.20. The maximum absolute atomic E-state index is 13.4. The van der Waals surface area contributed by atoms with Crippen LogP contribution in [0.4, 0.5) is 8.78 Å². The lowest BCUT2D eigenvalue weighted by Crippen LogP contribution is -2.45. The number of piperidine rings is 1. The minimum Gasteiger partial charge on any atom is -0.355 e. The highest BCUT2D eigenvalue weighted by Crippen LogP contribution is 2.36. The van der Waals surface area contributed by atoms with Crippen molar-refractivity contribution in [1.82, 2.24) is 10.1 Å². The molecule has 0 radical (unpaired) electrons. The van der Waals surface area contributed by atoms with Crippen molar-refractivity contribution in [2.75, 3.05) is 19.6 Å². The van der Waals surface area contributed by atoms with Crippen LogP contribution in [0, 0.1) is 5.92 Å². The Balaban J connectivity index is 1.60. The molecule has 1 unspecified atom stereocenters. The van der Waals surface area contributed by atoms with Crippen molar-refractivity contribution in [2.24, 2.45) is 5.92 Å². The molecule has 1 atom stereocenters. The molecule has 136 valence electrons. The summed E-state index contributed by atoms with van der Waals surface area (Å²) in [4.78, 5) is 2.50. The van der Waals surface area contributed by atoms with Crippen LogP contribution in [-0.2, 0) is 11.3 Å². The maximum Gasteiger partial charge on any atom is 0.304 e. The van der Waals surface area contributed by atoms with Gasteiger partial charge in [-0.3, -0.25) is 0 Å². The Morgan fingerprint density at radius 2 is 2.04 bits per heavy atom. The fourth-order valence-electron chi connectivity index (χ4n) is 4.35. The van der Waals surface area contributed by atoms with Crippen LogP contribution in [0.5, 0.6) is 0 Å². The summed E-state index contributed by atoms with van der Waals surface area (Å²) in [6, 6.07) is 1.46. The van der Waals surface area contributed by atoms with Crippen molar-refractivity contribution < 1.29 is 13.3 Å². The van der Waals surface area contributed by atoms with Gasteiger partial charge in [0.05, 0.1) is 5.69 Å². The van der Waals surface area contributed by atoms with Gasteiger partial charge in [0.15, 0.2) is 0 Å². The third-order valence-corrected chi connectivity index (χ3v) is 5.91. The second-order valence-corrected chi connectivity index (χ2v) is 8.20. The molecule has 2 heterocycles. The molecule has 0 spiro atoms. The normalized spacial score (nSPS) is 27.5. The summed E-state index contributed by atoms with van der Waals surface area (Å²) >= 11 is 0. The Labute approximate surface area is 143 Å². The lowest BCUT2D eigenvalue weighted by Gasteiger charge is -2.40. The monoisotopic (exact) mass is 340 g/mol. The zero-order valence-corrected chi connectivity index (χ0v) is 15.0. The summed E-state index contributed by atoms with van der Waals surface area (Å²) in [6.45, 7) is 6.11. The lowest BCUT2D eigenvalue weighted by atomic mass is 9.78. The first-order valence-corrected chi connectivity index (χ1v) is 9.45. The molecule has 5 heteroatoms. The highest BCUT2D eigenvalue weighted by Gasteiger charge is 2.38. The molecule has 3 nitrogen and oxygen atoms in total. The molecule has 0 aromatic carbocycles. The zero-order valence-electron chi connectivity index (χ0n) is 15.0. The van der Waals surface area contributed by atoms with E-state index in [1.807, 2.05) is 0 Å². The van der Waals surface area contributed by atoms with Crippen LogP contribution in [0.2, 0.25) is 0 Å². The third-order valence-electron chi connectivity index (χ3n) is 5.91. The van der Waals surface area contributed by atoms with Crippen molar-refractivity contribution in [2.45, 2.75) is 76.6 Å². The summed E-state index contributed by atoms with van der Waals surface area (Å²) in [5.74, 6) is -2.40. The second-order valence-electron chi connectivity index (χ2n) is 8.20. The summed E-state index contributed by atoms with van der Waals surface area (Å²) in [5, 5.41) is 3.98. The number of aromatic nitrogens is 1. The Hall–Kier alpha value is -0.970. The van der Waals surface area contributed by atoms with E-state index in [1.165, 1.54) is 44.6 Å². The Kier molecular flexibility index (Phi) is 5.28. The number of halogens is 2. The highest BCUT2D eigenvalue weighted by atomic mass is 19.3. The Morgan fingerprint density at radius 3 is 2.71 bits per heavy atom. The van der Waals surface area contributed by atoms with E-state index in [0.29, 0.717) is 5.69 Å². The SMILES string of the molecule is CC(F)(F)c1cc(C2(C)CCCN(CCC3CCCCC3)C2)no1. The van der Waals surface area contributed by atoms with Crippen molar-refractivity contribution in [1.29, 1.82) is 0 Å². The molecule has 1 aromatic heterocycles. The first-order valence-electron chi connectivity index (χ1n) is 9.45. The van der Waals surface area contributed by atoms with E-state index in [0.717, 1.165) is 45.3 Å². The summed E-state index contributed by atoms with van der Waals surface area (Å²) in [5.41, 5.74) is 0.499. The molecule has 1 saturated carbocycles. The maximum atomic E-state index is 13.4. The molecule has 3 rings (SSSR count). The van der Waals surface area contributed by atoms with Crippen LogP contribution in [-0.4, -0.2) is 29.7 Å². The molecule has 0 amide bonds. The van der Waals surface area contributed by atoms with Gasteiger partial charge >= 0.3 is 5.92 Å². The van der Waals surface area contributed by atoms with Crippen molar-refractivity contribution in [3.8, 4) is 0 Å². The second kappa shape index (κ2) is 7.11. The Bertz CT molecular complexity index is 534. The van der Waals surface area contributed by atoms with Crippen molar-refractivity contribution in [3.05, 3.63) is 17.5 Å². The van der Waals surface area contributed by atoms with Crippen LogP contribution in [0.25, 0.3) is 0 Å². The molecule has 1 aliphatic heterocycles. The van der Waals surface area contributed by atoms with Gasteiger partial charge in [0, 0.05) is 24.9 Å². The largest absolute Gasteiger partial charge is 0.355 e. The minimum atomic E-state index is -2.96. The molecule has 2 aliphatic rings. The van der Waals surface area contributed by atoms with E-state index in [2.05, 4.69) is 17.0 Å². The Morgan fingerprint density at radius 1 is 1.29 bits per heavy atom. The van der Waals surface area contributed by atoms with Gasteiger partial charge in [-0.1, -0.05) is 44.2 Å². The predicted molar refractivity (Wildman–Crippen MR) is 90.3 cm³/mol. The number of alkyl halides is 2. The van der Waals surface area contributed by atoms with E-state index >= 15 is 0 Å². The molecule has 0 bridgehead atoms. The average Bonchev–Trinajstić information content (AvgIpc) is 3.05. The zero-order chi connectivity index (χ0) is 17.2. The molecule has 1 saturated heterocycles.